The molecule has 5 nitrogen and oxygen atoms in total. The first-order valence-electron chi connectivity index (χ1n) is 7.52. The van der Waals surface area contributed by atoms with Crippen molar-refractivity contribution in [1.29, 1.82) is 0 Å². The lowest BCUT2D eigenvalue weighted by Crippen LogP contribution is -2.03. The van der Waals surface area contributed by atoms with E-state index in [-0.39, 0.29) is 0 Å². The number of rotatable bonds is 5. The van der Waals surface area contributed by atoms with Gasteiger partial charge in [-0.3, -0.25) is 0 Å². The summed E-state index contributed by atoms with van der Waals surface area (Å²) in [4.78, 5) is 8.88. The molecule has 0 aliphatic rings. The van der Waals surface area contributed by atoms with Gasteiger partial charge in [0.05, 0.1) is 12.8 Å². The first kappa shape index (κ1) is 17.3. The van der Waals surface area contributed by atoms with Crippen LogP contribution in [0.2, 0.25) is 10.0 Å². The molecule has 3 aromatic rings. The number of aromatic nitrogens is 2. The van der Waals surface area contributed by atoms with E-state index in [1.807, 2.05) is 31.2 Å². The quantitative estimate of drug-likeness (QED) is 0.609. The van der Waals surface area contributed by atoms with Crippen LogP contribution in [-0.2, 0) is 0 Å². The average Bonchev–Trinajstić information content (AvgIpc) is 2.54. The van der Waals surface area contributed by atoms with Crippen LogP contribution in [0, 0.1) is 6.92 Å². The normalized spacial score (nSPS) is 10.4. The molecule has 0 radical (unpaired) electrons. The van der Waals surface area contributed by atoms with Crippen LogP contribution in [0.4, 0.5) is 23.1 Å². The summed E-state index contributed by atoms with van der Waals surface area (Å²) in [6.45, 7) is 1.89. The van der Waals surface area contributed by atoms with Gasteiger partial charge in [-0.1, -0.05) is 29.3 Å². The van der Waals surface area contributed by atoms with Crippen LogP contribution in [0.15, 0.2) is 48.5 Å². The molecule has 1 heterocycles. The minimum Gasteiger partial charge on any atom is -0.495 e. The van der Waals surface area contributed by atoms with Crippen molar-refractivity contribution in [3.05, 3.63) is 64.3 Å². The van der Waals surface area contributed by atoms with Crippen molar-refractivity contribution in [1.82, 2.24) is 9.97 Å². The van der Waals surface area contributed by atoms with E-state index in [1.165, 1.54) is 0 Å². The second-order valence-corrected chi connectivity index (χ2v) is 6.20. The van der Waals surface area contributed by atoms with Gasteiger partial charge in [-0.25, -0.2) is 4.98 Å². The molecule has 2 N–H and O–H groups in total. The van der Waals surface area contributed by atoms with Crippen molar-refractivity contribution in [2.45, 2.75) is 6.92 Å². The minimum absolute atomic E-state index is 0.464. The highest BCUT2D eigenvalue weighted by molar-refractivity contribution is 6.31. The van der Waals surface area contributed by atoms with E-state index in [9.17, 15) is 0 Å². The number of ether oxygens (including phenoxy) is 1. The van der Waals surface area contributed by atoms with Gasteiger partial charge in [0.2, 0.25) is 5.95 Å². The molecule has 0 aliphatic carbocycles. The van der Waals surface area contributed by atoms with Crippen molar-refractivity contribution in [3.8, 4) is 5.75 Å². The van der Waals surface area contributed by atoms with E-state index >= 15 is 0 Å². The summed E-state index contributed by atoms with van der Waals surface area (Å²) in [6, 6.07) is 14.5. The number of anilines is 4. The lowest BCUT2D eigenvalue weighted by atomic mass is 10.3. The molecule has 2 aromatic carbocycles. The standard InChI is InChI=1S/C18H16Cl2N4O/c1-11-8-17(23-15-10-13(20)6-7-16(15)25-2)24-18(21-11)22-14-5-3-4-12(19)9-14/h3-10H,1-2H3,(H2,21,22,23,24). The molecular weight excluding hydrogens is 359 g/mol. The molecule has 0 saturated carbocycles. The van der Waals surface area contributed by atoms with Crippen LogP contribution < -0.4 is 15.4 Å². The maximum absolute atomic E-state index is 6.07. The highest BCUT2D eigenvalue weighted by Crippen LogP contribution is 2.30. The summed E-state index contributed by atoms with van der Waals surface area (Å²) < 4.78 is 5.35. The first-order chi connectivity index (χ1) is 12.0. The molecule has 1 aromatic heterocycles. The van der Waals surface area contributed by atoms with Crippen LogP contribution >= 0.6 is 23.2 Å². The third-order valence-corrected chi connectivity index (χ3v) is 3.83. The summed E-state index contributed by atoms with van der Waals surface area (Å²) in [6.07, 6.45) is 0. The van der Waals surface area contributed by atoms with Crippen LogP contribution in [0.1, 0.15) is 5.69 Å². The Kier molecular flexibility index (Phi) is 5.26. The van der Waals surface area contributed by atoms with Crippen LogP contribution in [0.5, 0.6) is 5.75 Å². The number of nitrogens with one attached hydrogen (secondary N) is 2. The molecule has 7 heteroatoms. The molecule has 0 amide bonds. The fourth-order valence-corrected chi connectivity index (χ4v) is 2.66. The van der Waals surface area contributed by atoms with Gasteiger partial charge in [0.25, 0.3) is 0 Å². The summed E-state index contributed by atoms with van der Waals surface area (Å²) in [5.41, 5.74) is 2.34. The predicted octanol–water partition coefficient (Wildman–Crippen LogP) is 5.59. The van der Waals surface area contributed by atoms with Gasteiger partial charge in [-0.05, 0) is 43.3 Å². The Labute approximate surface area is 156 Å². The van der Waals surface area contributed by atoms with Crippen molar-refractivity contribution >= 4 is 46.3 Å². The topological polar surface area (TPSA) is 59.1 Å². The second-order valence-electron chi connectivity index (χ2n) is 5.32. The van der Waals surface area contributed by atoms with Crippen molar-refractivity contribution in [2.24, 2.45) is 0 Å². The van der Waals surface area contributed by atoms with Gasteiger partial charge in [0.15, 0.2) is 0 Å². The number of methoxy groups -OCH3 is 1. The minimum atomic E-state index is 0.464. The van der Waals surface area contributed by atoms with Gasteiger partial charge < -0.3 is 15.4 Å². The Bertz CT molecular complexity index is 902. The van der Waals surface area contributed by atoms with Crippen molar-refractivity contribution < 1.29 is 4.74 Å². The highest BCUT2D eigenvalue weighted by Gasteiger charge is 2.08. The highest BCUT2D eigenvalue weighted by atomic mass is 35.5. The molecule has 25 heavy (non-hydrogen) atoms. The van der Waals surface area contributed by atoms with Crippen LogP contribution in [0.3, 0.4) is 0 Å². The first-order valence-corrected chi connectivity index (χ1v) is 8.28. The largest absolute Gasteiger partial charge is 0.495 e. The third kappa shape index (κ3) is 4.53. The van der Waals surface area contributed by atoms with E-state index < -0.39 is 0 Å². The Morgan fingerprint density at radius 3 is 2.48 bits per heavy atom. The summed E-state index contributed by atoms with van der Waals surface area (Å²) in [7, 11) is 1.60. The third-order valence-electron chi connectivity index (χ3n) is 3.36. The molecule has 0 fully saturated rings. The van der Waals surface area contributed by atoms with E-state index in [0.717, 1.165) is 17.1 Å². The number of hydrogen-bond acceptors (Lipinski definition) is 5. The predicted molar refractivity (Wildman–Crippen MR) is 103 cm³/mol. The molecule has 0 bridgehead atoms. The maximum atomic E-state index is 6.07. The SMILES string of the molecule is COc1ccc(Cl)cc1Nc1cc(C)nc(Nc2cccc(Cl)c2)n1. The lowest BCUT2D eigenvalue weighted by Gasteiger charge is -2.13. The summed E-state index contributed by atoms with van der Waals surface area (Å²) in [5.74, 6) is 1.76. The van der Waals surface area contributed by atoms with Crippen molar-refractivity contribution in [2.75, 3.05) is 17.7 Å². The van der Waals surface area contributed by atoms with E-state index in [2.05, 4.69) is 20.6 Å². The van der Waals surface area contributed by atoms with Crippen LogP contribution in [-0.4, -0.2) is 17.1 Å². The molecule has 0 saturated heterocycles. The number of benzene rings is 2. The molecule has 0 atom stereocenters. The number of aryl methyl sites for hydroxylation is 1. The fraction of sp³-hybridized carbons (Fsp3) is 0.111. The Morgan fingerprint density at radius 2 is 1.72 bits per heavy atom. The fourth-order valence-electron chi connectivity index (χ4n) is 2.30. The summed E-state index contributed by atoms with van der Waals surface area (Å²) >= 11 is 12.1. The molecule has 0 aliphatic heterocycles. The zero-order valence-electron chi connectivity index (χ0n) is 13.7. The van der Waals surface area contributed by atoms with Gasteiger partial charge in [0, 0.05) is 27.5 Å². The van der Waals surface area contributed by atoms with E-state index in [1.54, 1.807) is 31.4 Å². The van der Waals surface area contributed by atoms with Gasteiger partial charge in [0.1, 0.15) is 11.6 Å². The Hall–Kier alpha value is -2.50. The second kappa shape index (κ2) is 7.59. The average molecular weight is 375 g/mol. The zero-order valence-corrected chi connectivity index (χ0v) is 15.2. The van der Waals surface area contributed by atoms with Gasteiger partial charge in [-0.2, -0.15) is 4.98 Å². The molecule has 3 rings (SSSR count). The zero-order chi connectivity index (χ0) is 17.8. The number of nitrogens with zero attached hydrogens (tertiary/aromatic N) is 2. The van der Waals surface area contributed by atoms with E-state index in [0.29, 0.717) is 27.6 Å². The number of hydrogen-bond donors (Lipinski definition) is 2. The maximum Gasteiger partial charge on any atom is 0.229 e. The Balaban J connectivity index is 1.88. The monoisotopic (exact) mass is 374 g/mol. The molecule has 0 unspecified atom stereocenters. The smallest absolute Gasteiger partial charge is 0.229 e. The van der Waals surface area contributed by atoms with Crippen molar-refractivity contribution in [3.63, 3.8) is 0 Å². The summed E-state index contributed by atoms with van der Waals surface area (Å²) in [5, 5.41) is 7.61. The number of halogens is 2. The lowest BCUT2D eigenvalue weighted by molar-refractivity contribution is 0.417. The molecular formula is C18H16Cl2N4O. The van der Waals surface area contributed by atoms with Crippen LogP contribution in [0.25, 0.3) is 0 Å². The van der Waals surface area contributed by atoms with Gasteiger partial charge >= 0.3 is 0 Å². The molecule has 128 valence electrons. The Morgan fingerprint density at radius 1 is 0.920 bits per heavy atom. The van der Waals surface area contributed by atoms with Gasteiger partial charge in [-0.15, -0.1) is 0 Å². The van der Waals surface area contributed by atoms with E-state index in [4.69, 9.17) is 27.9 Å². The molecule has 0 spiro atoms.